The van der Waals surface area contributed by atoms with Gasteiger partial charge in [-0.05, 0) is 48.6 Å². The zero-order valence-electron chi connectivity index (χ0n) is 25.0. The second-order valence-corrected chi connectivity index (χ2v) is 14.3. The van der Waals surface area contributed by atoms with Gasteiger partial charge in [0.25, 0.3) is 0 Å². The molecular weight excluding hydrogens is 607 g/mol. The number of anilines is 2. The van der Waals surface area contributed by atoms with Gasteiger partial charge in [0.1, 0.15) is 0 Å². The molecule has 1 unspecified atom stereocenters. The number of nitrogens with one attached hydrogen (secondary N) is 2. The first-order chi connectivity index (χ1) is 18.4. The SMILES string of the molecule is CC1(CCCC2CCCCC2)C(=O)C(C2=NS([O-])([O-])c3cc(NS(C)(=O)=O)ccc3N2)=C([O-])c2ccccc21.[Na+].[Na+].[Na+]. The van der Waals surface area contributed by atoms with E-state index in [-0.39, 0.29) is 116 Å². The largest absolute Gasteiger partial charge is 1.00 e. The van der Waals surface area contributed by atoms with Crippen molar-refractivity contribution < 1.29 is 116 Å². The summed E-state index contributed by atoms with van der Waals surface area (Å²) in [6.45, 7) is 1.83. The van der Waals surface area contributed by atoms with E-state index in [9.17, 15) is 27.4 Å². The Labute approximate surface area is 316 Å². The van der Waals surface area contributed by atoms with Gasteiger partial charge < -0.3 is 30.3 Å². The number of carbonyl (C=O) groups excluding carboxylic acids is 1. The van der Waals surface area contributed by atoms with Gasteiger partial charge in [-0.1, -0.05) is 75.0 Å². The fourth-order valence-corrected chi connectivity index (χ4v) is 7.73. The third-order valence-corrected chi connectivity index (χ3v) is 9.92. The Morgan fingerprint density at radius 3 is 2.40 bits per heavy atom. The second-order valence-electron chi connectivity index (χ2n) is 10.9. The number of ketones is 1. The average molecular weight is 640 g/mol. The summed E-state index contributed by atoms with van der Waals surface area (Å²) in [4.78, 5) is 13.8. The average Bonchev–Trinajstić information content (AvgIpc) is 2.88. The van der Waals surface area contributed by atoms with E-state index in [1.54, 1.807) is 18.2 Å². The Morgan fingerprint density at radius 1 is 1.07 bits per heavy atom. The van der Waals surface area contributed by atoms with E-state index in [0.717, 1.165) is 25.2 Å². The van der Waals surface area contributed by atoms with Crippen LogP contribution >= 0.6 is 10.8 Å². The number of sulfonamides is 2. The zero-order chi connectivity index (χ0) is 28.0. The van der Waals surface area contributed by atoms with Crippen LogP contribution < -0.4 is 104 Å². The van der Waals surface area contributed by atoms with E-state index in [2.05, 4.69) is 14.4 Å². The Bertz CT molecular complexity index is 1490. The number of rotatable bonds is 7. The van der Waals surface area contributed by atoms with Crippen LogP contribution in [0.4, 0.5) is 11.4 Å². The molecule has 2 aromatic rings. The van der Waals surface area contributed by atoms with Crippen molar-refractivity contribution in [3.63, 3.8) is 0 Å². The number of Topliss-reactive ketones (excluding diaryl/α,β-unsaturated/α-hetero) is 1. The van der Waals surface area contributed by atoms with E-state index >= 15 is 0 Å². The van der Waals surface area contributed by atoms with Crippen LogP contribution in [0.15, 0.2) is 57.3 Å². The maximum Gasteiger partial charge on any atom is 1.00 e. The van der Waals surface area contributed by atoms with Crippen molar-refractivity contribution in [3.05, 3.63) is 59.2 Å². The standard InChI is InChI=1S/C28H35N3O6S2.3Na/c1-28(16-8-11-18-9-4-3-5-10-18)21-13-7-6-12-20(21)25(32)24(26(28)33)27-29-22-15-14-19(30-38(2,34)35)17-23(22)39(36,37)31-27;;;/h6-7,12-15,17-18,30,32,36-37H,3-5,8-11,16H2,1-2H3,(H,29,31);;;/q;3*+1/p-3. The van der Waals surface area contributed by atoms with Crippen molar-refractivity contribution in [1.29, 1.82) is 0 Å². The molecule has 0 amide bonds. The molecule has 0 aromatic heterocycles. The van der Waals surface area contributed by atoms with Crippen molar-refractivity contribution in [2.24, 2.45) is 10.3 Å². The molecule has 14 heteroatoms. The van der Waals surface area contributed by atoms with Gasteiger partial charge in [0.2, 0.25) is 10.0 Å². The molecule has 1 fully saturated rings. The molecule has 1 saturated carbocycles. The van der Waals surface area contributed by atoms with Gasteiger partial charge in [0, 0.05) is 4.90 Å². The molecule has 0 spiro atoms. The molecule has 2 aromatic carbocycles. The van der Waals surface area contributed by atoms with Crippen LogP contribution in [0.1, 0.15) is 69.4 Å². The summed E-state index contributed by atoms with van der Waals surface area (Å²) < 4.78 is 55.6. The summed E-state index contributed by atoms with van der Waals surface area (Å²) >= 11 is 0. The minimum atomic E-state index is -4.35. The van der Waals surface area contributed by atoms with Crippen LogP contribution in [-0.2, 0) is 20.2 Å². The molecule has 210 valence electrons. The van der Waals surface area contributed by atoms with Crippen LogP contribution in [0.5, 0.6) is 0 Å². The number of nitrogens with zero attached hydrogens (tertiary/aromatic N) is 1. The van der Waals surface area contributed by atoms with Gasteiger partial charge in [0.05, 0.1) is 28.6 Å². The number of fused-ring (bicyclic) bond motifs is 2. The monoisotopic (exact) mass is 639 g/mol. The molecule has 5 rings (SSSR count). The number of hydrogen-bond acceptors (Lipinski definition) is 8. The quantitative estimate of drug-likeness (QED) is 0.290. The van der Waals surface area contributed by atoms with Gasteiger partial charge in [-0.2, -0.15) is 0 Å². The van der Waals surface area contributed by atoms with Crippen LogP contribution in [0.25, 0.3) is 5.76 Å². The molecule has 2 aliphatic carbocycles. The first-order valence-electron chi connectivity index (χ1n) is 13.2. The number of amidine groups is 1. The van der Waals surface area contributed by atoms with Gasteiger partial charge in [-0.25, -0.2) is 12.8 Å². The first kappa shape index (κ1) is 38.3. The molecule has 9 nitrogen and oxygen atoms in total. The summed E-state index contributed by atoms with van der Waals surface area (Å²) in [6.07, 6.45) is 9.49. The van der Waals surface area contributed by atoms with E-state index < -0.39 is 37.8 Å². The van der Waals surface area contributed by atoms with Crippen molar-refractivity contribution in [3.8, 4) is 0 Å². The second kappa shape index (κ2) is 15.2. The molecule has 1 heterocycles. The van der Waals surface area contributed by atoms with Gasteiger partial charge in [0.15, 0.2) is 11.6 Å². The Morgan fingerprint density at radius 2 is 1.74 bits per heavy atom. The molecule has 0 saturated heterocycles. The Hall–Kier alpha value is 0.140. The Balaban J connectivity index is 0.00000205. The number of benzene rings is 2. The van der Waals surface area contributed by atoms with Gasteiger partial charge in [-0.15, -0.1) is 0 Å². The molecule has 1 aliphatic heterocycles. The maximum atomic E-state index is 14.1. The summed E-state index contributed by atoms with van der Waals surface area (Å²) in [7, 11) is -7.98. The van der Waals surface area contributed by atoms with Crippen LogP contribution in [0.3, 0.4) is 0 Å². The molecule has 3 aliphatic rings. The Kier molecular flexibility index (Phi) is 13.8. The van der Waals surface area contributed by atoms with E-state index in [4.69, 9.17) is 0 Å². The topological polar surface area (TPSA) is 157 Å². The van der Waals surface area contributed by atoms with Crippen molar-refractivity contribution in [2.45, 2.75) is 68.6 Å². The van der Waals surface area contributed by atoms with Crippen LogP contribution in [-0.4, -0.2) is 35.4 Å². The minimum absolute atomic E-state index is 0. The fraction of sp³-hybridized carbons (Fsp3) is 0.429. The molecule has 1 atom stereocenters. The molecule has 0 radical (unpaired) electrons. The fourth-order valence-electron chi connectivity index (χ4n) is 6.03. The minimum Gasteiger partial charge on any atom is -0.871 e. The van der Waals surface area contributed by atoms with E-state index in [1.807, 2.05) is 13.0 Å². The van der Waals surface area contributed by atoms with Crippen molar-refractivity contribution >= 4 is 49.6 Å². The third kappa shape index (κ3) is 8.10. The third-order valence-electron chi connectivity index (χ3n) is 8.00. The molecular formula is C28H32N3Na3O6S2. The predicted molar refractivity (Wildman–Crippen MR) is 150 cm³/mol. The van der Waals surface area contributed by atoms with Crippen LogP contribution in [0.2, 0.25) is 0 Å². The van der Waals surface area contributed by atoms with Crippen LogP contribution in [0, 0.1) is 5.92 Å². The summed E-state index contributed by atoms with van der Waals surface area (Å²) in [5.74, 6) is -0.681. The first-order valence-corrected chi connectivity index (χ1v) is 16.5. The summed E-state index contributed by atoms with van der Waals surface area (Å²) in [5.41, 5.74) is -0.105. The van der Waals surface area contributed by atoms with E-state index in [1.165, 1.54) is 44.2 Å². The zero-order valence-corrected chi connectivity index (χ0v) is 32.6. The molecule has 42 heavy (non-hydrogen) atoms. The maximum absolute atomic E-state index is 14.1. The van der Waals surface area contributed by atoms with Crippen molar-refractivity contribution in [1.82, 2.24) is 0 Å². The molecule has 0 bridgehead atoms. The van der Waals surface area contributed by atoms with Gasteiger partial charge in [-0.3, -0.25) is 9.52 Å². The number of hydrogen-bond donors (Lipinski definition) is 2. The van der Waals surface area contributed by atoms with E-state index in [0.29, 0.717) is 23.5 Å². The van der Waals surface area contributed by atoms with Gasteiger partial charge >= 0.3 is 88.7 Å². The molecule has 2 N–H and O–H groups in total. The van der Waals surface area contributed by atoms with Crippen molar-refractivity contribution in [2.75, 3.05) is 16.3 Å². The number of carbonyl (C=O) groups is 1. The predicted octanol–water partition coefficient (Wildman–Crippen LogP) is -4.40. The summed E-state index contributed by atoms with van der Waals surface area (Å²) in [5, 5.41) is 16.5. The normalized spacial score (nSPS) is 22.1. The summed E-state index contributed by atoms with van der Waals surface area (Å²) in [6, 6.07) is 10.9. The smallest absolute Gasteiger partial charge is 0.871 e.